The lowest BCUT2D eigenvalue weighted by Crippen LogP contribution is -2.54. The average Bonchev–Trinajstić information content (AvgIpc) is 3.31. The maximum absolute atomic E-state index is 14.2. The van der Waals surface area contributed by atoms with Gasteiger partial charge in [0.25, 0.3) is 11.8 Å². The van der Waals surface area contributed by atoms with Crippen molar-refractivity contribution < 1.29 is 9.59 Å². The zero-order valence-corrected chi connectivity index (χ0v) is 24.1. The van der Waals surface area contributed by atoms with E-state index in [-0.39, 0.29) is 17.2 Å². The molecule has 0 saturated carbocycles. The number of nitrogens with zero attached hydrogens (tertiary/aromatic N) is 2. The van der Waals surface area contributed by atoms with E-state index in [1.54, 1.807) is 4.90 Å². The van der Waals surface area contributed by atoms with Crippen LogP contribution in [0.15, 0.2) is 71.6 Å². The van der Waals surface area contributed by atoms with Gasteiger partial charge in [0.15, 0.2) is 0 Å². The molecule has 2 amide bonds. The molecule has 6 rings (SSSR count). The van der Waals surface area contributed by atoms with Crippen molar-refractivity contribution in [2.24, 2.45) is 0 Å². The second kappa shape index (κ2) is 8.80. The number of rotatable bonds is 3. The predicted molar refractivity (Wildman–Crippen MR) is 159 cm³/mol. The van der Waals surface area contributed by atoms with Crippen molar-refractivity contribution in [3.8, 4) is 0 Å². The molecule has 0 radical (unpaired) electrons. The first kappa shape index (κ1) is 25.4. The fourth-order valence-electron chi connectivity index (χ4n) is 6.32. The van der Waals surface area contributed by atoms with Crippen molar-refractivity contribution in [2.45, 2.75) is 51.6 Å². The van der Waals surface area contributed by atoms with Crippen LogP contribution >= 0.6 is 35.6 Å². The van der Waals surface area contributed by atoms with Crippen molar-refractivity contribution in [2.75, 3.05) is 4.90 Å². The highest BCUT2D eigenvalue weighted by Crippen LogP contribution is 2.58. The Morgan fingerprint density at radius 1 is 0.974 bits per heavy atom. The van der Waals surface area contributed by atoms with Crippen LogP contribution in [0.4, 0.5) is 5.69 Å². The molecule has 0 spiro atoms. The molecule has 4 nitrogen and oxygen atoms in total. The molecule has 7 heteroatoms. The minimum Gasteiger partial charge on any atom is -0.302 e. The minimum atomic E-state index is -0.485. The van der Waals surface area contributed by atoms with Crippen molar-refractivity contribution in [1.82, 2.24) is 4.90 Å². The highest BCUT2D eigenvalue weighted by atomic mass is 35.5. The summed E-state index contributed by atoms with van der Waals surface area (Å²) in [5, 5.41) is 0.693. The number of thioether (sulfide) groups is 1. The first-order valence-electron chi connectivity index (χ1n) is 12.6. The van der Waals surface area contributed by atoms with Gasteiger partial charge < -0.3 is 4.90 Å². The molecule has 192 valence electrons. The van der Waals surface area contributed by atoms with Gasteiger partial charge in [0.2, 0.25) is 0 Å². The highest BCUT2D eigenvalue weighted by molar-refractivity contribution is 8.26. The fourth-order valence-corrected chi connectivity index (χ4v) is 7.78. The maximum Gasteiger partial charge on any atom is 0.267 e. The lowest BCUT2D eigenvalue weighted by atomic mass is 9.65. The van der Waals surface area contributed by atoms with Gasteiger partial charge in [-0.1, -0.05) is 96.6 Å². The third-order valence-electron chi connectivity index (χ3n) is 7.89. The van der Waals surface area contributed by atoms with Crippen molar-refractivity contribution in [3.05, 3.63) is 104 Å². The first-order chi connectivity index (χ1) is 18.0. The molecule has 1 unspecified atom stereocenters. The number of thiocarbonyl (C=S) groups is 1. The van der Waals surface area contributed by atoms with Crippen molar-refractivity contribution >= 4 is 63.0 Å². The number of hydrogen-bond acceptors (Lipinski definition) is 4. The summed E-state index contributed by atoms with van der Waals surface area (Å²) < 4.78 is 0.474. The molecule has 3 aromatic rings. The summed E-state index contributed by atoms with van der Waals surface area (Å²) in [4.78, 5) is 31.9. The minimum absolute atomic E-state index is 0.129. The summed E-state index contributed by atoms with van der Waals surface area (Å²) in [5.74, 6) is -0.337. The van der Waals surface area contributed by atoms with E-state index in [0.717, 1.165) is 39.9 Å². The normalized spacial score (nSPS) is 23.9. The van der Waals surface area contributed by atoms with Gasteiger partial charge in [-0.05, 0) is 62.1 Å². The van der Waals surface area contributed by atoms with Gasteiger partial charge in [0.1, 0.15) is 4.32 Å². The monoisotopic (exact) mass is 558 g/mol. The van der Waals surface area contributed by atoms with E-state index < -0.39 is 5.54 Å². The number of hydrogen-bond donors (Lipinski definition) is 0. The van der Waals surface area contributed by atoms with Gasteiger partial charge in [0, 0.05) is 21.5 Å². The average molecular weight is 559 g/mol. The molecule has 0 aliphatic carbocycles. The fraction of sp³-hybridized carbons (Fsp3) is 0.258. The van der Waals surface area contributed by atoms with Gasteiger partial charge in [-0.3, -0.25) is 14.5 Å². The summed E-state index contributed by atoms with van der Waals surface area (Å²) >= 11 is 13.1. The lowest BCUT2D eigenvalue weighted by Gasteiger charge is -2.50. The second-order valence-electron chi connectivity index (χ2n) is 11.1. The van der Waals surface area contributed by atoms with E-state index >= 15 is 0 Å². The molecule has 1 fully saturated rings. The van der Waals surface area contributed by atoms with E-state index in [2.05, 4.69) is 39.0 Å². The summed E-state index contributed by atoms with van der Waals surface area (Å²) in [6.45, 7) is 8.88. The van der Waals surface area contributed by atoms with Crippen LogP contribution in [-0.2, 0) is 21.5 Å². The van der Waals surface area contributed by atoms with E-state index in [9.17, 15) is 9.59 Å². The van der Waals surface area contributed by atoms with Crippen LogP contribution < -0.4 is 4.90 Å². The van der Waals surface area contributed by atoms with E-state index in [4.69, 9.17) is 23.8 Å². The molecule has 38 heavy (non-hydrogen) atoms. The third-order valence-corrected chi connectivity index (χ3v) is 9.59. The highest BCUT2D eigenvalue weighted by Gasteiger charge is 2.54. The Hall–Kier alpha value is -2.93. The predicted octanol–water partition coefficient (Wildman–Crippen LogP) is 7.25. The van der Waals surface area contributed by atoms with Gasteiger partial charge >= 0.3 is 0 Å². The van der Waals surface area contributed by atoms with E-state index in [0.29, 0.717) is 26.4 Å². The molecule has 1 atom stereocenters. The quantitative estimate of drug-likeness (QED) is 0.251. The number of carbonyl (C=O) groups excluding carboxylic acids is 2. The van der Waals surface area contributed by atoms with Gasteiger partial charge in [-0.2, -0.15) is 0 Å². The lowest BCUT2D eigenvalue weighted by molar-refractivity contribution is -0.123. The summed E-state index contributed by atoms with van der Waals surface area (Å²) in [5.41, 5.74) is 5.64. The Morgan fingerprint density at radius 3 is 2.34 bits per heavy atom. The van der Waals surface area contributed by atoms with E-state index in [1.807, 2.05) is 60.4 Å². The maximum atomic E-state index is 14.2. The number of halogens is 1. The van der Waals surface area contributed by atoms with Crippen molar-refractivity contribution in [1.29, 1.82) is 0 Å². The number of benzene rings is 3. The topological polar surface area (TPSA) is 40.6 Å². The molecule has 0 aromatic heterocycles. The van der Waals surface area contributed by atoms with E-state index in [1.165, 1.54) is 11.8 Å². The molecule has 3 aliphatic rings. The van der Waals surface area contributed by atoms with Crippen LogP contribution in [0.25, 0.3) is 5.57 Å². The molecule has 1 saturated heterocycles. The number of aryl methyl sites for hydroxylation is 1. The Kier molecular flexibility index (Phi) is 5.87. The SMILES string of the molecule is Cc1cc2c3c(c1)C(C)(c1ccc(Cl)cc1)CC(C)(C)N3C(=O)C2=C1SC(=S)N(Cc2ccccc2)C1=O. The van der Waals surface area contributed by atoms with Crippen LogP contribution in [0.3, 0.4) is 0 Å². The van der Waals surface area contributed by atoms with Crippen molar-refractivity contribution in [3.63, 3.8) is 0 Å². The Labute approximate surface area is 237 Å². The zero-order chi connectivity index (χ0) is 27.0. The molecule has 3 heterocycles. The Morgan fingerprint density at radius 2 is 1.66 bits per heavy atom. The molecule has 0 N–H and O–H groups in total. The van der Waals surface area contributed by atoms with Crippen LogP contribution in [0, 0.1) is 6.92 Å². The molecular formula is C31H27ClN2O2S2. The number of anilines is 1. The largest absolute Gasteiger partial charge is 0.302 e. The smallest absolute Gasteiger partial charge is 0.267 e. The third kappa shape index (κ3) is 3.76. The number of carbonyl (C=O) groups is 2. The first-order valence-corrected chi connectivity index (χ1v) is 14.2. The molecule has 3 aromatic carbocycles. The zero-order valence-electron chi connectivity index (χ0n) is 21.7. The molecule has 0 bridgehead atoms. The van der Waals surface area contributed by atoms with Gasteiger partial charge in [-0.15, -0.1) is 0 Å². The molecular weight excluding hydrogens is 532 g/mol. The summed E-state index contributed by atoms with van der Waals surface area (Å²) in [6, 6.07) is 22.0. The Balaban J connectivity index is 1.53. The van der Waals surface area contributed by atoms with Gasteiger partial charge in [0.05, 0.1) is 22.7 Å². The second-order valence-corrected chi connectivity index (χ2v) is 13.2. The van der Waals surface area contributed by atoms with Crippen LogP contribution in [0.1, 0.15) is 55.0 Å². The van der Waals surface area contributed by atoms with Gasteiger partial charge in [-0.25, -0.2) is 0 Å². The number of amides is 2. The standard InChI is InChI=1S/C31H27ClN2O2S2/c1-18-14-22-24(26-28(36)33(29(37)38-26)16-19-8-6-5-7-9-19)27(35)34-25(22)23(15-18)31(4,17-30(34,2)3)20-10-12-21(32)13-11-20/h5-15H,16-17H2,1-4H3. The summed E-state index contributed by atoms with van der Waals surface area (Å²) in [7, 11) is 0. The van der Waals surface area contributed by atoms with Crippen LogP contribution in [0.5, 0.6) is 0 Å². The van der Waals surface area contributed by atoms with Crippen LogP contribution in [-0.4, -0.2) is 26.6 Å². The Bertz CT molecular complexity index is 1560. The summed E-state index contributed by atoms with van der Waals surface area (Å²) in [6.07, 6.45) is 0.728. The molecule has 3 aliphatic heterocycles. The van der Waals surface area contributed by atoms with Crippen LogP contribution in [0.2, 0.25) is 5.02 Å².